The van der Waals surface area contributed by atoms with Gasteiger partial charge in [0.05, 0.1) is 0 Å². The first-order chi connectivity index (χ1) is 5.13. The van der Waals surface area contributed by atoms with E-state index in [1.165, 1.54) is 0 Å². The minimum Gasteiger partial charge on any atom is -0.476 e. The van der Waals surface area contributed by atoms with E-state index in [2.05, 4.69) is 4.99 Å². The van der Waals surface area contributed by atoms with Gasteiger partial charge in [0.15, 0.2) is 5.71 Å². The van der Waals surface area contributed by atoms with Gasteiger partial charge in [0.25, 0.3) is 0 Å². The van der Waals surface area contributed by atoms with E-state index in [1.54, 1.807) is 0 Å². The highest BCUT2D eigenvalue weighted by atomic mass is 32.2. The van der Waals surface area contributed by atoms with E-state index >= 15 is 0 Å². The SMILES string of the molecule is O=C(O)C1=NC=CC1=S(=O)=O. The second kappa shape index (κ2) is 2.67. The Morgan fingerprint density at radius 1 is 1.55 bits per heavy atom. The van der Waals surface area contributed by atoms with E-state index in [0.717, 1.165) is 12.3 Å². The molecular weight excluding hydrogens is 170 g/mol. The number of hydrogen-bond acceptors (Lipinski definition) is 4. The summed E-state index contributed by atoms with van der Waals surface area (Å²) >= 11 is 0. The molecule has 11 heavy (non-hydrogen) atoms. The topological polar surface area (TPSA) is 83.8 Å². The van der Waals surface area contributed by atoms with E-state index < -0.39 is 22.0 Å². The van der Waals surface area contributed by atoms with Crippen molar-refractivity contribution < 1.29 is 18.3 Å². The average Bonchev–Trinajstić information content (AvgIpc) is 2.32. The van der Waals surface area contributed by atoms with Crippen molar-refractivity contribution in [2.75, 3.05) is 0 Å². The lowest BCUT2D eigenvalue weighted by molar-refractivity contribution is -0.129. The molecule has 0 aromatic rings. The molecule has 0 fully saturated rings. The fourth-order valence-electron chi connectivity index (χ4n) is 0.617. The molecule has 0 atom stereocenters. The van der Waals surface area contributed by atoms with Gasteiger partial charge >= 0.3 is 5.97 Å². The summed E-state index contributed by atoms with van der Waals surface area (Å²) in [5.74, 6) is -1.34. The summed E-state index contributed by atoms with van der Waals surface area (Å²) in [4.78, 5) is 13.3. The Balaban J connectivity index is 3.27. The third-order valence-corrected chi connectivity index (χ3v) is 1.73. The number of nitrogens with zero attached hydrogens (tertiary/aromatic N) is 1. The molecule has 0 saturated heterocycles. The highest BCUT2D eigenvalue weighted by Gasteiger charge is 2.18. The zero-order chi connectivity index (χ0) is 8.43. The van der Waals surface area contributed by atoms with Crippen molar-refractivity contribution in [1.82, 2.24) is 0 Å². The Morgan fingerprint density at radius 2 is 2.18 bits per heavy atom. The zero-order valence-electron chi connectivity index (χ0n) is 5.18. The maximum absolute atomic E-state index is 10.3. The highest BCUT2D eigenvalue weighted by molar-refractivity contribution is 7.75. The summed E-state index contributed by atoms with van der Waals surface area (Å²) in [6.45, 7) is 0. The first-order valence-corrected chi connectivity index (χ1v) is 3.64. The number of carboxylic acid groups (broad SMARTS) is 1. The molecule has 0 aromatic heterocycles. The molecule has 1 aliphatic rings. The Bertz CT molecular complexity index is 379. The van der Waals surface area contributed by atoms with E-state index in [-0.39, 0.29) is 4.86 Å². The normalized spacial score (nSPS) is 14.9. The van der Waals surface area contributed by atoms with Gasteiger partial charge in [-0.05, 0) is 6.08 Å². The lowest BCUT2D eigenvalue weighted by Gasteiger charge is -1.87. The molecule has 1 N–H and O–H groups in total. The fraction of sp³-hybridized carbons (Fsp3) is 0. The molecule has 6 heteroatoms. The first kappa shape index (κ1) is 7.67. The number of carboxylic acids is 1. The second-order valence-electron chi connectivity index (χ2n) is 1.70. The molecule has 1 aliphatic heterocycles. The maximum atomic E-state index is 10.3. The van der Waals surface area contributed by atoms with Crippen LogP contribution in [-0.4, -0.2) is 30.1 Å². The number of aliphatic carboxylic acids is 1. The minimum atomic E-state index is -2.52. The van der Waals surface area contributed by atoms with Gasteiger partial charge in [-0.25, -0.2) is 9.79 Å². The van der Waals surface area contributed by atoms with Crippen LogP contribution in [0.25, 0.3) is 0 Å². The lowest BCUT2D eigenvalue weighted by atomic mass is 10.3. The average molecular weight is 173 g/mol. The quantitative estimate of drug-likeness (QED) is 0.520. The molecule has 0 unspecified atom stereocenters. The molecule has 58 valence electrons. The number of carbonyl (C=O) groups is 1. The summed E-state index contributed by atoms with van der Waals surface area (Å²) < 4.78 is 20.6. The minimum absolute atomic E-state index is 0.280. The number of allylic oxidation sites excluding steroid dienone is 1. The molecular formula is C5H3NO4S. The molecule has 0 aromatic carbocycles. The molecule has 1 rings (SSSR count). The predicted octanol–water partition coefficient (Wildman–Crippen LogP) is -0.909. The van der Waals surface area contributed by atoms with E-state index in [9.17, 15) is 13.2 Å². The summed E-state index contributed by atoms with van der Waals surface area (Å²) in [5.41, 5.74) is -0.432. The van der Waals surface area contributed by atoms with Gasteiger partial charge in [0.2, 0.25) is 10.3 Å². The highest BCUT2D eigenvalue weighted by Crippen LogP contribution is 1.96. The summed E-state index contributed by atoms with van der Waals surface area (Å²) in [6, 6.07) is 0. The Morgan fingerprint density at radius 3 is 2.55 bits per heavy atom. The Hall–Kier alpha value is -1.43. The fourth-order valence-corrected chi connectivity index (χ4v) is 1.09. The van der Waals surface area contributed by atoms with Gasteiger partial charge in [-0.2, -0.15) is 8.42 Å². The van der Waals surface area contributed by atoms with Gasteiger partial charge in [0, 0.05) is 6.20 Å². The van der Waals surface area contributed by atoms with E-state index in [0.29, 0.717) is 0 Å². The van der Waals surface area contributed by atoms with Crippen molar-refractivity contribution in [2.24, 2.45) is 4.99 Å². The summed E-state index contributed by atoms with van der Waals surface area (Å²) in [7, 11) is -2.52. The maximum Gasteiger partial charge on any atom is 0.356 e. The van der Waals surface area contributed by atoms with E-state index in [4.69, 9.17) is 5.11 Å². The van der Waals surface area contributed by atoms with Gasteiger partial charge in [0.1, 0.15) is 4.86 Å². The smallest absolute Gasteiger partial charge is 0.356 e. The van der Waals surface area contributed by atoms with Crippen LogP contribution in [0.3, 0.4) is 0 Å². The van der Waals surface area contributed by atoms with Crippen LogP contribution in [0.1, 0.15) is 0 Å². The first-order valence-electron chi connectivity index (χ1n) is 2.57. The Kier molecular flexibility index (Phi) is 1.86. The molecule has 0 saturated carbocycles. The molecule has 0 bridgehead atoms. The van der Waals surface area contributed by atoms with Crippen LogP contribution in [0.4, 0.5) is 0 Å². The molecule has 0 aliphatic carbocycles. The van der Waals surface area contributed by atoms with Gasteiger partial charge in [-0.15, -0.1) is 0 Å². The molecule has 1 heterocycles. The van der Waals surface area contributed by atoms with Crippen LogP contribution >= 0.6 is 0 Å². The molecule has 5 nitrogen and oxygen atoms in total. The van der Waals surface area contributed by atoms with Crippen molar-refractivity contribution in [3.63, 3.8) is 0 Å². The van der Waals surface area contributed by atoms with Crippen molar-refractivity contribution in [3.8, 4) is 0 Å². The van der Waals surface area contributed by atoms with Crippen molar-refractivity contribution in [2.45, 2.75) is 0 Å². The van der Waals surface area contributed by atoms with Crippen LogP contribution in [0.15, 0.2) is 17.3 Å². The number of rotatable bonds is 1. The standard InChI is InChI=1S/C5H3NO4S/c7-5(8)4-3(11(9)10)1-2-6-4/h1-2H,(H,7,8). The third-order valence-electron chi connectivity index (χ3n) is 1.05. The van der Waals surface area contributed by atoms with Gasteiger partial charge in [-0.1, -0.05) is 0 Å². The van der Waals surface area contributed by atoms with Crippen LogP contribution in [-0.2, 0) is 15.1 Å². The predicted molar refractivity (Wildman–Crippen MR) is 38.1 cm³/mol. The van der Waals surface area contributed by atoms with Crippen molar-refractivity contribution >= 4 is 26.8 Å². The van der Waals surface area contributed by atoms with Gasteiger partial charge in [-0.3, -0.25) is 0 Å². The second-order valence-corrected chi connectivity index (χ2v) is 2.61. The van der Waals surface area contributed by atoms with Gasteiger partial charge < -0.3 is 5.11 Å². The Labute approximate surface area is 63.2 Å². The third kappa shape index (κ3) is 1.35. The number of hydrogen-bond donors (Lipinski definition) is 1. The largest absolute Gasteiger partial charge is 0.476 e. The summed E-state index contributed by atoms with van der Waals surface area (Å²) in [6.07, 6.45) is 2.27. The zero-order valence-corrected chi connectivity index (χ0v) is 6.00. The van der Waals surface area contributed by atoms with Crippen LogP contribution in [0.2, 0.25) is 0 Å². The summed E-state index contributed by atoms with van der Waals surface area (Å²) in [5, 5.41) is 8.37. The molecule has 0 spiro atoms. The van der Waals surface area contributed by atoms with E-state index in [1.807, 2.05) is 0 Å². The van der Waals surface area contributed by atoms with Crippen LogP contribution in [0, 0.1) is 0 Å². The monoisotopic (exact) mass is 173 g/mol. The molecule has 0 radical (unpaired) electrons. The molecule has 0 amide bonds. The van der Waals surface area contributed by atoms with Crippen LogP contribution in [0.5, 0.6) is 0 Å². The number of aliphatic imine (C=N–C) groups is 1. The van der Waals surface area contributed by atoms with Crippen molar-refractivity contribution in [1.29, 1.82) is 0 Å². The van der Waals surface area contributed by atoms with Crippen LogP contribution < -0.4 is 0 Å². The lowest BCUT2D eigenvalue weighted by Crippen LogP contribution is -2.20. The van der Waals surface area contributed by atoms with Crippen molar-refractivity contribution in [3.05, 3.63) is 12.3 Å².